The Kier molecular flexibility index (Phi) is 2.76. The van der Waals surface area contributed by atoms with Gasteiger partial charge < -0.3 is 10.5 Å². The van der Waals surface area contributed by atoms with Crippen molar-refractivity contribution in [2.24, 2.45) is 0 Å². The van der Waals surface area contributed by atoms with Gasteiger partial charge in [0.25, 0.3) is 0 Å². The quantitative estimate of drug-likeness (QED) is 0.720. The van der Waals surface area contributed by atoms with Gasteiger partial charge in [0, 0.05) is 6.07 Å². The molecule has 0 fully saturated rings. The lowest BCUT2D eigenvalue weighted by Crippen LogP contribution is -2.06. The molecule has 0 saturated heterocycles. The third-order valence-electron chi connectivity index (χ3n) is 1.19. The summed E-state index contributed by atoms with van der Waals surface area (Å²) in [4.78, 5) is 3.85. The van der Waals surface area contributed by atoms with Gasteiger partial charge in [-0.05, 0) is 13.8 Å². The van der Waals surface area contributed by atoms with Gasteiger partial charge in [-0.2, -0.15) is 0 Å². The summed E-state index contributed by atoms with van der Waals surface area (Å²) >= 11 is 5.75. The van der Waals surface area contributed by atoms with Crippen LogP contribution in [0.2, 0.25) is 5.15 Å². The van der Waals surface area contributed by atoms with Crippen LogP contribution >= 0.6 is 11.6 Å². The number of nitrogens with two attached hydrogens (primary N) is 1. The van der Waals surface area contributed by atoms with Crippen molar-refractivity contribution >= 4 is 17.3 Å². The van der Waals surface area contributed by atoms with Crippen molar-refractivity contribution in [2.75, 3.05) is 5.73 Å². The molecule has 0 unspecified atom stereocenters. The van der Waals surface area contributed by atoms with E-state index >= 15 is 0 Å². The van der Waals surface area contributed by atoms with Crippen LogP contribution < -0.4 is 10.5 Å². The Morgan fingerprint density at radius 1 is 1.58 bits per heavy atom. The first-order chi connectivity index (χ1) is 5.59. The highest BCUT2D eigenvalue weighted by atomic mass is 35.5. The third kappa shape index (κ3) is 2.27. The molecule has 1 aromatic heterocycles. The molecular formula is C8H11ClN2O. The van der Waals surface area contributed by atoms with Crippen LogP contribution in [0.25, 0.3) is 0 Å². The molecule has 0 radical (unpaired) electrons. The fraction of sp³-hybridized carbons (Fsp3) is 0.375. The first kappa shape index (κ1) is 9.13. The molecule has 3 nitrogen and oxygen atoms in total. The van der Waals surface area contributed by atoms with E-state index in [1.807, 2.05) is 13.8 Å². The van der Waals surface area contributed by atoms with Crippen LogP contribution in [0.15, 0.2) is 12.3 Å². The highest BCUT2D eigenvalue weighted by Gasteiger charge is 2.04. The molecule has 1 heterocycles. The molecule has 4 heteroatoms. The van der Waals surface area contributed by atoms with Gasteiger partial charge in [0.2, 0.25) is 0 Å². The number of ether oxygens (including phenoxy) is 1. The Balaban J connectivity index is 2.90. The molecule has 0 aliphatic heterocycles. The topological polar surface area (TPSA) is 48.1 Å². The first-order valence-electron chi connectivity index (χ1n) is 3.67. The van der Waals surface area contributed by atoms with E-state index in [9.17, 15) is 0 Å². The number of rotatable bonds is 2. The lowest BCUT2D eigenvalue weighted by molar-refractivity contribution is 0.242. The van der Waals surface area contributed by atoms with E-state index in [0.29, 0.717) is 16.6 Å². The van der Waals surface area contributed by atoms with Crippen LogP contribution in [-0.2, 0) is 0 Å². The predicted molar refractivity (Wildman–Crippen MR) is 49.4 cm³/mol. The molecule has 0 atom stereocenters. The van der Waals surface area contributed by atoms with Crippen LogP contribution in [0.5, 0.6) is 5.75 Å². The second-order valence-corrected chi connectivity index (χ2v) is 3.08. The summed E-state index contributed by atoms with van der Waals surface area (Å²) in [6.07, 6.45) is 1.57. The number of aromatic nitrogens is 1. The average molecular weight is 187 g/mol. The second kappa shape index (κ2) is 3.63. The largest absolute Gasteiger partial charge is 0.488 e. The van der Waals surface area contributed by atoms with E-state index in [-0.39, 0.29) is 6.10 Å². The summed E-state index contributed by atoms with van der Waals surface area (Å²) in [5.41, 5.74) is 6.05. The second-order valence-electron chi connectivity index (χ2n) is 2.72. The van der Waals surface area contributed by atoms with Gasteiger partial charge in [-0.1, -0.05) is 11.6 Å². The number of hydrogen-bond donors (Lipinski definition) is 1. The molecule has 0 aliphatic rings. The highest BCUT2D eigenvalue weighted by Crippen LogP contribution is 2.24. The summed E-state index contributed by atoms with van der Waals surface area (Å²) < 4.78 is 5.35. The number of nitrogens with zero attached hydrogens (tertiary/aromatic N) is 1. The Hall–Kier alpha value is -0.960. The summed E-state index contributed by atoms with van der Waals surface area (Å²) in [6, 6.07) is 1.66. The molecule has 12 heavy (non-hydrogen) atoms. The van der Waals surface area contributed by atoms with Gasteiger partial charge in [-0.3, -0.25) is 0 Å². The Bertz CT molecular complexity index is 276. The van der Waals surface area contributed by atoms with Crippen LogP contribution in [-0.4, -0.2) is 11.1 Å². The number of anilines is 1. The molecule has 0 spiro atoms. The van der Waals surface area contributed by atoms with Crippen molar-refractivity contribution in [1.82, 2.24) is 4.98 Å². The molecule has 0 bridgehead atoms. The maximum Gasteiger partial charge on any atom is 0.171 e. The van der Waals surface area contributed by atoms with Gasteiger partial charge in [-0.25, -0.2) is 4.98 Å². The molecule has 0 aromatic carbocycles. The summed E-state index contributed by atoms with van der Waals surface area (Å²) in [7, 11) is 0. The smallest absolute Gasteiger partial charge is 0.171 e. The van der Waals surface area contributed by atoms with Crippen molar-refractivity contribution < 1.29 is 4.74 Å². The SMILES string of the molecule is CC(C)Oc1cc(N)cnc1Cl. The lowest BCUT2D eigenvalue weighted by Gasteiger charge is -2.10. The van der Waals surface area contributed by atoms with E-state index in [1.54, 1.807) is 6.07 Å². The predicted octanol–water partition coefficient (Wildman–Crippen LogP) is 2.10. The van der Waals surface area contributed by atoms with Gasteiger partial charge in [-0.15, -0.1) is 0 Å². The molecular weight excluding hydrogens is 176 g/mol. The van der Waals surface area contributed by atoms with Gasteiger partial charge in [0.05, 0.1) is 18.0 Å². The van der Waals surface area contributed by atoms with Crippen molar-refractivity contribution in [1.29, 1.82) is 0 Å². The summed E-state index contributed by atoms with van der Waals surface area (Å²) in [5.74, 6) is 0.534. The van der Waals surface area contributed by atoms with E-state index in [0.717, 1.165) is 0 Å². The average Bonchev–Trinajstić information content (AvgIpc) is 1.96. The number of pyridine rings is 1. The van der Waals surface area contributed by atoms with Crippen LogP contribution in [0, 0.1) is 0 Å². The van der Waals surface area contributed by atoms with Gasteiger partial charge in [0.1, 0.15) is 0 Å². The zero-order valence-electron chi connectivity index (χ0n) is 7.04. The maximum absolute atomic E-state index is 5.75. The molecule has 0 amide bonds. The zero-order chi connectivity index (χ0) is 9.14. The van der Waals surface area contributed by atoms with Crippen molar-refractivity contribution in [2.45, 2.75) is 20.0 Å². The lowest BCUT2D eigenvalue weighted by atomic mass is 10.4. The fourth-order valence-electron chi connectivity index (χ4n) is 0.780. The molecule has 1 rings (SSSR count). The standard InChI is InChI=1S/C8H11ClN2O/c1-5(2)12-7-3-6(10)4-11-8(7)9/h3-5H,10H2,1-2H3. The third-order valence-corrected chi connectivity index (χ3v) is 1.47. The highest BCUT2D eigenvalue weighted by molar-refractivity contribution is 6.30. The molecule has 2 N–H and O–H groups in total. The van der Waals surface area contributed by atoms with E-state index in [2.05, 4.69) is 4.98 Å². The summed E-state index contributed by atoms with van der Waals surface area (Å²) in [6.45, 7) is 3.83. The Morgan fingerprint density at radius 2 is 2.25 bits per heavy atom. The minimum absolute atomic E-state index is 0.0751. The normalized spacial score (nSPS) is 10.3. The minimum Gasteiger partial charge on any atom is -0.488 e. The molecule has 0 aliphatic carbocycles. The van der Waals surface area contributed by atoms with E-state index in [1.165, 1.54) is 6.20 Å². The minimum atomic E-state index is 0.0751. The van der Waals surface area contributed by atoms with Crippen molar-refractivity contribution in [3.8, 4) is 5.75 Å². The van der Waals surface area contributed by atoms with E-state index < -0.39 is 0 Å². The van der Waals surface area contributed by atoms with Crippen LogP contribution in [0.3, 0.4) is 0 Å². The Morgan fingerprint density at radius 3 is 2.83 bits per heavy atom. The monoisotopic (exact) mass is 186 g/mol. The fourth-order valence-corrected chi connectivity index (χ4v) is 0.927. The van der Waals surface area contributed by atoms with E-state index in [4.69, 9.17) is 22.1 Å². The Labute approximate surface area is 76.5 Å². The number of nitrogen functional groups attached to an aromatic ring is 1. The van der Waals surface area contributed by atoms with Crippen LogP contribution in [0.1, 0.15) is 13.8 Å². The zero-order valence-corrected chi connectivity index (χ0v) is 7.80. The number of hydrogen-bond acceptors (Lipinski definition) is 3. The van der Waals surface area contributed by atoms with Crippen LogP contribution in [0.4, 0.5) is 5.69 Å². The van der Waals surface area contributed by atoms with Gasteiger partial charge in [0.15, 0.2) is 10.9 Å². The van der Waals surface area contributed by atoms with Crippen molar-refractivity contribution in [3.63, 3.8) is 0 Å². The maximum atomic E-state index is 5.75. The summed E-state index contributed by atoms with van der Waals surface area (Å²) in [5, 5.41) is 0.345. The molecule has 0 saturated carbocycles. The first-order valence-corrected chi connectivity index (χ1v) is 4.05. The van der Waals surface area contributed by atoms with Gasteiger partial charge >= 0.3 is 0 Å². The molecule has 66 valence electrons. The number of halogens is 1. The van der Waals surface area contributed by atoms with Crippen molar-refractivity contribution in [3.05, 3.63) is 17.4 Å². The molecule has 1 aromatic rings.